The Hall–Kier alpha value is -1.48. The number of nitrogens with one attached hydrogen (secondary N) is 2. The molecule has 1 aromatic carbocycles. The van der Waals surface area contributed by atoms with Crippen LogP contribution < -0.4 is 10.6 Å². The topological polar surface area (TPSA) is 81.8 Å². The average Bonchev–Trinajstić information content (AvgIpc) is 2.60. The van der Waals surface area contributed by atoms with E-state index >= 15 is 0 Å². The molecule has 1 saturated heterocycles. The normalized spacial score (nSPS) is 16.2. The number of carbonyl (C=O) groups is 1. The molecule has 0 saturated carbocycles. The molecule has 8 heteroatoms. The Bertz CT molecular complexity index is 615. The van der Waals surface area contributed by atoms with E-state index in [4.69, 9.17) is 0 Å². The average molecular weight is 354 g/mol. The number of sulfonamides is 1. The maximum absolute atomic E-state index is 12.3. The fraction of sp³-hybridized carbons (Fsp3) is 0.562. The molecule has 0 atom stereocenters. The molecule has 0 radical (unpaired) electrons. The third-order valence-electron chi connectivity index (χ3n) is 4.00. The lowest BCUT2D eigenvalue weighted by atomic mass is 10.3. The van der Waals surface area contributed by atoms with Crippen LogP contribution in [0.2, 0.25) is 0 Å². The molecule has 0 bridgehead atoms. The molecule has 0 unspecified atom stereocenters. The van der Waals surface area contributed by atoms with Crippen LogP contribution >= 0.6 is 0 Å². The molecule has 1 aromatic rings. The quantitative estimate of drug-likeness (QED) is 0.628. The highest BCUT2D eigenvalue weighted by atomic mass is 32.2. The van der Waals surface area contributed by atoms with E-state index in [0.717, 1.165) is 43.4 Å². The summed E-state index contributed by atoms with van der Waals surface area (Å²) in [6, 6.07) is 8.13. The van der Waals surface area contributed by atoms with Crippen molar-refractivity contribution in [2.24, 2.45) is 0 Å². The van der Waals surface area contributed by atoms with Crippen LogP contribution in [0.15, 0.2) is 35.2 Å². The van der Waals surface area contributed by atoms with Crippen molar-refractivity contribution in [3.05, 3.63) is 30.3 Å². The molecule has 0 aliphatic carbocycles. The lowest BCUT2D eigenvalue weighted by molar-refractivity contribution is -0.121. The van der Waals surface area contributed by atoms with Crippen molar-refractivity contribution >= 4 is 15.9 Å². The van der Waals surface area contributed by atoms with Crippen molar-refractivity contribution in [3.8, 4) is 0 Å². The third kappa shape index (κ3) is 5.55. The summed E-state index contributed by atoms with van der Waals surface area (Å²) < 4.78 is 25.8. The van der Waals surface area contributed by atoms with E-state index in [9.17, 15) is 13.2 Å². The van der Waals surface area contributed by atoms with E-state index in [2.05, 4.69) is 15.5 Å². The number of piperazine rings is 1. The maximum atomic E-state index is 12.3. The zero-order valence-electron chi connectivity index (χ0n) is 14.1. The number of nitrogens with zero attached hydrogens (tertiary/aromatic N) is 2. The zero-order valence-corrected chi connectivity index (χ0v) is 14.9. The molecule has 2 rings (SSSR count). The second kappa shape index (κ2) is 9.12. The van der Waals surface area contributed by atoms with Gasteiger partial charge in [-0.25, -0.2) is 8.42 Å². The van der Waals surface area contributed by atoms with E-state index in [-0.39, 0.29) is 17.3 Å². The highest BCUT2D eigenvalue weighted by Crippen LogP contribution is 2.12. The first kappa shape index (κ1) is 18.9. The molecular weight excluding hydrogens is 328 g/mol. The predicted molar refractivity (Wildman–Crippen MR) is 93.2 cm³/mol. The highest BCUT2D eigenvalue weighted by Gasteiger charge is 2.22. The first-order chi connectivity index (χ1) is 11.5. The molecule has 1 amide bonds. The SMILES string of the molecule is CN(CC(=O)NCCCN1CCNCC1)S(=O)(=O)c1ccccc1. The molecule has 1 fully saturated rings. The Morgan fingerprint density at radius 3 is 2.58 bits per heavy atom. The Morgan fingerprint density at radius 1 is 1.25 bits per heavy atom. The van der Waals surface area contributed by atoms with E-state index in [1.54, 1.807) is 18.2 Å². The summed E-state index contributed by atoms with van der Waals surface area (Å²) in [5.74, 6) is -0.280. The minimum atomic E-state index is -3.62. The fourth-order valence-corrected chi connectivity index (χ4v) is 3.73. The lowest BCUT2D eigenvalue weighted by Crippen LogP contribution is -2.44. The van der Waals surface area contributed by atoms with E-state index in [0.29, 0.717) is 6.54 Å². The molecule has 0 spiro atoms. The number of likely N-dealkylation sites (N-methyl/N-ethyl adjacent to an activating group) is 1. The zero-order chi connectivity index (χ0) is 17.4. The van der Waals surface area contributed by atoms with Crippen LogP contribution in [-0.4, -0.2) is 76.4 Å². The molecule has 0 aromatic heterocycles. The van der Waals surface area contributed by atoms with Crippen LogP contribution in [0.25, 0.3) is 0 Å². The molecule has 1 heterocycles. The first-order valence-corrected chi connectivity index (χ1v) is 9.65. The molecule has 1 aliphatic rings. The standard InChI is InChI=1S/C16H26N4O3S/c1-19(24(22,23)15-6-3-2-4-7-15)14-16(21)18-8-5-11-20-12-9-17-10-13-20/h2-4,6-7,17H,5,8-14H2,1H3,(H,18,21). The smallest absolute Gasteiger partial charge is 0.243 e. The molecule has 7 nitrogen and oxygen atoms in total. The van der Waals surface area contributed by atoms with Crippen LogP contribution in [0, 0.1) is 0 Å². The van der Waals surface area contributed by atoms with Gasteiger partial charge >= 0.3 is 0 Å². The summed E-state index contributed by atoms with van der Waals surface area (Å²) in [4.78, 5) is 14.5. The highest BCUT2D eigenvalue weighted by molar-refractivity contribution is 7.89. The number of rotatable bonds is 8. The summed E-state index contributed by atoms with van der Waals surface area (Å²) in [5, 5.41) is 6.09. The van der Waals surface area contributed by atoms with Crippen molar-refractivity contribution in [3.63, 3.8) is 0 Å². The van der Waals surface area contributed by atoms with Gasteiger partial charge in [-0.2, -0.15) is 4.31 Å². The summed E-state index contributed by atoms with van der Waals surface area (Å²) in [5.41, 5.74) is 0. The summed E-state index contributed by atoms with van der Waals surface area (Å²) >= 11 is 0. The Morgan fingerprint density at radius 2 is 1.92 bits per heavy atom. The monoisotopic (exact) mass is 354 g/mol. The second-order valence-electron chi connectivity index (χ2n) is 5.87. The minimum absolute atomic E-state index is 0.176. The number of hydrogen-bond acceptors (Lipinski definition) is 5. The number of benzene rings is 1. The van der Waals surface area contributed by atoms with Crippen molar-refractivity contribution in [2.45, 2.75) is 11.3 Å². The van der Waals surface area contributed by atoms with Crippen LogP contribution in [0.4, 0.5) is 0 Å². The molecule has 134 valence electrons. The summed E-state index contributed by atoms with van der Waals surface area (Å²) in [6.45, 7) is 5.41. The molecular formula is C16H26N4O3S. The van der Waals surface area contributed by atoms with Gasteiger partial charge in [-0.3, -0.25) is 4.79 Å². The first-order valence-electron chi connectivity index (χ1n) is 8.21. The lowest BCUT2D eigenvalue weighted by Gasteiger charge is -2.27. The van der Waals surface area contributed by atoms with E-state index < -0.39 is 10.0 Å². The Kier molecular flexibility index (Phi) is 7.16. The van der Waals surface area contributed by atoms with Crippen LogP contribution in [0.5, 0.6) is 0 Å². The van der Waals surface area contributed by atoms with Crippen LogP contribution in [0.3, 0.4) is 0 Å². The third-order valence-corrected chi connectivity index (χ3v) is 5.82. The van der Waals surface area contributed by atoms with Crippen molar-refractivity contribution in [1.82, 2.24) is 19.8 Å². The van der Waals surface area contributed by atoms with Gasteiger partial charge in [0.2, 0.25) is 15.9 Å². The van der Waals surface area contributed by atoms with E-state index in [1.807, 2.05) is 0 Å². The van der Waals surface area contributed by atoms with Crippen LogP contribution in [0.1, 0.15) is 6.42 Å². The Labute approximate surface area is 144 Å². The van der Waals surface area contributed by atoms with E-state index in [1.165, 1.54) is 19.2 Å². The summed E-state index contributed by atoms with van der Waals surface area (Å²) in [7, 11) is -2.21. The van der Waals surface area contributed by atoms with Gasteiger partial charge in [0.1, 0.15) is 0 Å². The van der Waals surface area contributed by atoms with Gasteiger partial charge in [0.25, 0.3) is 0 Å². The van der Waals surface area contributed by atoms with Gasteiger partial charge in [0, 0.05) is 39.8 Å². The largest absolute Gasteiger partial charge is 0.355 e. The second-order valence-corrected chi connectivity index (χ2v) is 7.91. The number of hydrogen-bond donors (Lipinski definition) is 2. The number of amides is 1. The van der Waals surface area contributed by atoms with Gasteiger partial charge in [-0.15, -0.1) is 0 Å². The van der Waals surface area contributed by atoms with Crippen molar-refractivity contribution in [2.75, 3.05) is 52.9 Å². The van der Waals surface area contributed by atoms with Gasteiger partial charge in [-0.1, -0.05) is 18.2 Å². The van der Waals surface area contributed by atoms with Gasteiger partial charge in [0.15, 0.2) is 0 Å². The predicted octanol–water partition coefficient (Wildman–Crippen LogP) is -0.281. The van der Waals surface area contributed by atoms with Crippen molar-refractivity contribution in [1.29, 1.82) is 0 Å². The van der Waals surface area contributed by atoms with Gasteiger partial charge in [0.05, 0.1) is 11.4 Å². The molecule has 1 aliphatic heterocycles. The summed E-state index contributed by atoms with van der Waals surface area (Å²) in [6.07, 6.45) is 0.862. The van der Waals surface area contributed by atoms with Crippen molar-refractivity contribution < 1.29 is 13.2 Å². The van der Waals surface area contributed by atoms with Gasteiger partial charge in [-0.05, 0) is 25.1 Å². The molecule has 2 N–H and O–H groups in total. The molecule has 24 heavy (non-hydrogen) atoms. The van der Waals surface area contributed by atoms with Crippen LogP contribution in [-0.2, 0) is 14.8 Å². The van der Waals surface area contributed by atoms with Gasteiger partial charge < -0.3 is 15.5 Å². The Balaban J connectivity index is 1.71. The maximum Gasteiger partial charge on any atom is 0.243 e. The fourth-order valence-electron chi connectivity index (χ4n) is 2.58. The number of carbonyl (C=O) groups excluding carboxylic acids is 1. The minimum Gasteiger partial charge on any atom is -0.355 e.